The summed E-state index contributed by atoms with van der Waals surface area (Å²) in [5.41, 5.74) is 0. The maximum absolute atomic E-state index is 6.00. The highest BCUT2D eigenvalue weighted by molar-refractivity contribution is 5.49. The third kappa shape index (κ3) is 4.60. The molecule has 28 heavy (non-hydrogen) atoms. The van der Waals surface area contributed by atoms with Crippen LogP contribution >= 0.6 is 0 Å². The molecule has 8 heteroatoms. The molecule has 0 amide bonds. The van der Waals surface area contributed by atoms with Gasteiger partial charge in [0.2, 0.25) is 0 Å². The molecule has 2 aliphatic rings. The van der Waals surface area contributed by atoms with Gasteiger partial charge in [0.05, 0.1) is 18.3 Å². The molecule has 2 aromatic rings. The first kappa shape index (κ1) is 19.1. The molecule has 1 N–H and O–H groups in total. The predicted octanol–water partition coefficient (Wildman–Crippen LogP) is 2.60. The van der Waals surface area contributed by atoms with Gasteiger partial charge in [-0.2, -0.15) is 0 Å². The molecule has 0 radical (unpaired) electrons. The Morgan fingerprint density at radius 3 is 2.82 bits per heavy atom. The molecule has 2 atom stereocenters. The Balaban J connectivity index is 1.35. The van der Waals surface area contributed by atoms with Crippen molar-refractivity contribution in [3.8, 4) is 0 Å². The lowest BCUT2D eigenvalue weighted by molar-refractivity contribution is -0.0203. The number of rotatable bonds is 6. The fourth-order valence-electron chi connectivity index (χ4n) is 4.34. The van der Waals surface area contributed by atoms with Crippen LogP contribution < -0.4 is 10.2 Å². The molecule has 0 aliphatic carbocycles. The molecular formula is C20H31N7O. The monoisotopic (exact) mass is 385 g/mol. The molecule has 8 nitrogen and oxygen atoms in total. The average molecular weight is 386 g/mol. The van der Waals surface area contributed by atoms with E-state index in [1.165, 1.54) is 0 Å². The molecule has 0 spiro atoms. The molecule has 2 aromatic heterocycles. The summed E-state index contributed by atoms with van der Waals surface area (Å²) in [6.07, 6.45) is 10.1. The van der Waals surface area contributed by atoms with Gasteiger partial charge in [-0.25, -0.2) is 9.97 Å². The van der Waals surface area contributed by atoms with Crippen LogP contribution in [0.1, 0.15) is 39.5 Å². The summed E-state index contributed by atoms with van der Waals surface area (Å²) < 4.78 is 7.93. The van der Waals surface area contributed by atoms with E-state index in [0.29, 0.717) is 17.9 Å². The van der Waals surface area contributed by atoms with Gasteiger partial charge < -0.3 is 15.0 Å². The van der Waals surface area contributed by atoms with Crippen LogP contribution in [0.5, 0.6) is 0 Å². The quantitative estimate of drug-likeness (QED) is 0.818. The van der Waals surface area contributed by atoms with Crippen molar-refractivity contribution in [2.75, 3.05) is 29.9 Å². The molecule has 4 heterocycles. The van der Waals surface area contributed by atoms with E-state index < -0.39 is 0 Å². The SMILES string of the molecule is CC(C)[C@@H]1OCCC[C@H]1Nc1cc(N2CCC(Cn3ccnn3)CC2)ncn1. The molecule has 152 valence electrons. The van der Waals surface area contributed by atoms with E-state index in [-0.39, 0.29) is 6.10 Å². The van der Waals surface area contributed by atoms with Crippen LogP contribution in [0.3, 0.4) is 0 Å². The third-order valence-corrected chi connectivity index (χ3v) is 5.87. The minimum Gasteiger partial charge on any atom is -0.376 e. The second kappa shape index (κ2) is 8.86. The standard InChI is InChI=1S/C20H31N7O/c1-15(2)20-17(4-3-11-28-20)24-18-12-19(22-14-21-18)26-8-5-16(6-9-26)13-27-10-7-23-25-27/h7,10,12,14-17,20H,3-6,8-9,11,13H2,1-2H3,(H,21,22,24)/t17-,20+/m1/s1. The van der Waals surface area contributed by atoms with Crippen molar-refractivity contribution in [3.63, 3.8) is 0 Å². The van der Waals surface area contributed by atoms with Crippen molar-refractivity contribution in [2.45, 2.75) is 58.2 Å². The molecule has 0 saturated carbocycles. The van der Waals surface area contributed by atoms with Crippen LogP contribution in [0.4, 0.5) is 11.6 Å². The summed E-state index contributed by atoms with van der Waals surface area (Å²) >= 11 is 0. The Morgan fingerprint density at radius 1 is 1.21 bits per heavy atom. The van der Waals surface area contributed by atoms with Crippen LogP contribution in [0.15, 0.2) is 24.8 Å². The fraction of sp³-hybridized carbons (Fsp3) is 0.700. The third-order valence-electron chi connectivity index (χ3n) is 5.87. The molecule has 2 fully saturated rings. The Bertz CT molecular complexity index is 728. The molecule has 0 bridgehead atoms. The first-order valence-electron chi connectivity index (χ1n) is 10.5. The van der Waals surface area contributed by atoms with Gasteiger partial charge in [0.1, 0.15) is 18.0 Å². The molecular weight excluding hydrogens is 354 g/mol. The molecule has 0 aromatic carbocycles. The van der Waals surface area contributed by atoms with E-state index >= 15 is 0 Å². The van der Waals surface area contributed by atoms with E-state index in [1.807, 2.05) is 10.9 Å². The topological polar surface area (TPSA) is 81.0 Å². The maximum Gasteiger partial charge on any atom is 0.134 e. The Morgan fingerprint density at radius 2 is 2.07 bits per heavy atom. The Kier molecular flexibility index (Phi) is 6.04. The highest BCUT2D eigenvalue weighted by atomic mass is 16.5. The summed E-state index contributed by atoms with van der Waals surface area (Å²) in [6, 6.07) is 2.40. The zero-order valence-electron chi connectivity index (χ0n) is 16.9. The summed E-state index contributed by atoms with van der Waals surface area (Å²) in [4.78, 5) is 11.4. The van der Waals surface area contributed by atoms with Gasteiger partial charge in [-0.15, -0.1) is 5.10 Å². The number of nitrogens with one attached hydrogen (secondary N) is 1. The average Bonchev–Trinajstić information content (AvgIpc) is 3.22. The number of aromatic nitrogens is 5. The number of piperidine rings is 1. The van der Waals surface area contributed by atoms with Crippen LogP contribution in [-0.4, -0.2) is 56.8 Å². The van der Waals surface area contributed by atoms with E-state index in [1.54, 1.807) is 12.5 Å². The van der Waals surface area contributed by atoms with Crippen molar-refractivity contribution in [1.82, 2.24) is 25.0 Å². The fourth-order valence-corrected chi connectivity index (χ4v) is 4.34. The highest BCUT2D eigenvalue weighted by Gasteiger charge is 2.29. The van der Waals surface area contributed by atoms with Crippen LogP contribution in [0, 0.1) is 11.8 Å². The lowest BCUT2D eigenvalue weighted by atomic mass is 9.93. The van der Waals surface area contributed by atoms with Crippen molar-refractivity contribution < 1.29 is 4.74 Å². The smallest absolute Gasteiger partial charge is 0.134 e. The Labute approximate surface area is 166 Å². The summed E-state index contributed by atoms with van der Waals surface area (Å²) in [6.45, 7) is 8.27. The van der Waals surface area contributed by atoms with E-state index in [0.717, 1.165) is 63.6 Å². The molecule has 2 aliphatic heterocycles. The number of anilines is 2. The summed E-state index contributed by atoms with van der Waals surface area (Å²) in [7, 11) is 0. The normalized spacial score (nSPS) is 23.9. The molecule has 0 unspecified atom stereocenters. The zero-order valence-corrected chi connectivity index (χ0v) is 16.9. The van der Waals surface area contributed by atoms with Gasteiger partial charge in [0.25, 0.3) is 0 Å². The first-order valence-corrected chi connectivity index (χ1v) is 10.5. The van der Waals surface area contributed by atoms with Crippen LogP contribution in [0.2, 0.25) is 0 Å². The van der Waals surface area contributed by atoms with Crippen molar-refractivity contribution in [2.24, 2.45) is 11.8 Å². The predicted molar refractivity (Wildman–Crippen MR) is 108 cm³/mol. The lowest BCUT2D eigenvalue weighted by Crippen LogP contribution is -2.43. The molecule has 2 saturated heterocycles. The summed E-state index contributed by atoms with van der Waals surface area (Å²) in [5.74, 6) is 3.04. The van der Waals surface area contributed by atoms with Crippen LogP contribution in [0.25, 0.3) is 0 Å². The van der Waals surface area contributed by atoms with Crippen LogP contribution in [-0.2, 0) is 11.3 Å². The van der Waals surface area contributed by atoms with Crippen molar-refractivity contribution >= 4 is 11.6 Å². The first-order chi connectivity index (χ1) is 13.7. The second-order valence-electron chi connectivity index (χ2n) is 8.29. The van der Waals surface area contributed by atoms with Crippen molar-refractivity contribution in [1.29, 1.82) is 0 Å². The van der Waals surface area contributed by atoms with E-state index in [4.69, 9.17) is 4.74 Å². The lowest BCUT2D eigenvalue weighted by Gasteiger charge is -2.35. The van der Waals surface area contributed by atoms with E-state index in [2.05, 4.69) is 50.4 Å². The minimum absolute atomic E-state index is 0.236. The Hall–Kier alpha value is -2.22. The van der Waals surface area contributed by atoms with Gasteiger partial charge in [-0.3, -0.25) is 4.68 Å². The number of nitrogens with zero attached hydrogens (tertiary/aromatic N) is 6. The largest absolute Gasteiger partial charge is 0.376 e. The second-order valence-corrected chi connectivity index (χ2v) is 8.29. The van der Waals surface area contributed by atoms with Gasteiger partial charge in [0.15, 0.2) is 0 Å². The minimum atomic E-state index is 0.236. The van der Waals surface area contributed by atoms with Gasteiger partial charge >= 0.3 is 0 Å². The summed E-state index contributed by atoms with van der Waals surface area (Å²) in [5, 5.41) is 11.6. The number of ether oxygens (including phenoxy) is 1. The van der Waals surface area contributed by atoms with Crippen molar-refractivity contribution in [3.05, 3.63) is 24.8 Å². The number of hydrogen-bond donors (Lipinski definition) is 1. The van der Waals surface area contributed by atoms with E-state index in [9.17, 15) is 0 Å². The molecule has 4 rings (SSSR count). The van der Waals surface area contributed by atoms with Gasteiger partial charge in [-0.05, 0) is 37.5 Å². The zero-order chi connectivity index (χ0) is 19.3. The van der Waals surface area contributed by atoms with Gasteiger partial charge in [-0.1, -0.05) is 19.1 Å². The number of hydrogen-bond acceptors (Lipinski definition) is 7. The van der Waals surface area contributed by atoms with Gasteiger partial charge in [0, 0.05) is 38.5 Å². The highest BCUT2D eigenvalue weighted by Crippen LogP contribution is 2.26. The maximum atomic E-state index is 6.00.